The van der Waals surface area contributed by atoms with Gasteiger partial charge in [-0.3, -0.25) is 0 Å². The minimum absolute atomic E-state index is 0.174. The zero-order valence-electron chi connectivity index (χ0n) is 15.1. The Morgan fingerprint density at radius 1 is 1.14 bits per heavy atom. The van der Waals surface area contributed by atoms with E-state index in [1.807, 2.05) is 67.5 Å². The summed E-state index contributed by atoms with van der Waals surface area (Å²) in [5.74, 6) is 1.34. The first-order valence-corrected chi connectivity index (χ1v) is 10.6. The number of sulfonamides is 1. The van der Waals surface area contributed by atoms with Crippen molar-refractivity contribution in [3.63, 3.8) is 0 Å². The third-order valence-corrected chi connectivity index (χ3v) is 6.23. The lowest BCUT2D eigenvalue weighted by Crippen LogP contribution is -2.12. The summed E-state index contributed by atoms with van der Waals surface area (Å²) in [6.45, 7) is 0. The van der Waals surface area contributed by atoms with Crippen LogP contribution in [-0.2, 0) is 10.0 Å². The highest BCUT2D eigenvalue weighted by atomic mass is 32.2. The van der Waals surface area contributed by atoms with Gasteiger partial charge in [-0.25, -0.2) is 23.1 Å². The van der Waals surface area contributed by atoms with Crippen LogP contribution in [0.15, 0.2) is 59.1 Å². The number of nitrogens with two attached hydrogens (primary N) is 1. The van der Waals surface area contributed by atoms with E-state index in [2.05, 4.69) is 10.1 Å². The fourth-order valence-corrected chi connectivity index (χ4v) is 4.15. The van der Waals surface area contributed by atoms with Crippen molar-refractivity contribution in [2.24, 2.45) is 5.14 Å². The quantitative estimate of drug-likeness (QED) is 0.538. The average Bonchev–Trinajstić information content (AvgIpc) is 3.21. The lowest BCUT2D eigenvalue weighted by molar-refractivity contribution is 0.484. The minimum atomic E-state index is -3.85. The number of para-hydroxylation sites is 1. The molecule has 144 valence electrons. The minimum Gasteiger partial charge on any atom is -0.457 e. The molecule has 0 aliphatic heterocycles. The van der Waals surface area contributed by atoms with Crippen LogP contribution in [0.25, 0.3) is 16.2 Å². The number of rotatable bonds is 5. The summed E-state index contributed by atoms with van der Waals surface area (Å²) in [5.41, 5.74) is 2.42. The highest BCUT2D eigenvalue weighted by Crippen LogP contribution is 2.34. The normalized spacial score (nSPS) is 11.7. The molecule has 0 aliphatic carbocycles. The zero-order chi connectivity index (χ0) is 19.9. The third kappa shape index (κ3) is 3.57. The fourth-order valence-electron chi connectivity index (χ4n) is 2.65. The molecule has 2 N–H and O–H groups in total. The van der Waals surface area contributed by atoms with Crippen LogP contribution in [-0.4, -0.2) is 37.1 Å². The van der Waals surface area contributed by atoms with Crippen molar-refractivity contribution in [2.45, 2.75) is 4.34 Å². The molecule has 0 atom stereocenters. The molecule has 10 heteroatoms. The molecule has 2 heterocycles. The molecule has 0 aliphatic rings. The van der Waals surface area contributed by atoms with Gasteiger partial charge in [-0.15, -0.1) is 5.10 Å². The zero-order valence-corrected chi connectivity index (χ0v) is 16.7. The number of fused-ring (bicyclic) bond motifs is 1. The molecule has 0 saturated heterocycles. The molecule has 0 saturated carbocycles. The van der Waals surface area contributed by atoms with E-state index < -0.39 is 10.0 Å². The van der Waals surface area contributed by atoms with E-state index in [0.29, 0.717) is 22.2 Å². The molecule has 0 fully saturated rings. The highest BCUT2D eigenvalue weighted by Gasteiger charge is 2.18. The Morgan fingerprint density at radius 2 is 1.93 bits per heavy atom. The van der Waals surface area contributed by atoms with Crippen LogP contribution >= 0.6 is 11.3 Å². The molecule has 0 radical (unpaired) electrons. The first kappa shape index (κ1) is 18.4. The number of ether oxygens (including phenoxy) is 1. The first-order valence-electron chi connectivity index (χ1n) is 8.25. The van der Waals surface area contributed by atoms with Crippen molar-refractivity contribution < 1.29 is 13.2 Å². The summed E-state index contributed by atoms with van der Waals surface area (Å²) in [5, 5.41) is 9.12. The Hall–Kier alpha value is -2.95. The smallest absolute Gasteiger partial charge is 0.267 e. The predicted octanol–water partition coefficient (Wildman–Crippen LogP) is 2.96. The highest BCUT2D eigenvalue weighted by molar-refractivity contribution is 7.91. The predicted molar refractivity (Wildman–Crippen MR) is 109 cm³/mol. The molecule has 4 rings (SSSR count). The van der Waals surface area contributed by atoms with Crippen molar-refractivity contribution in [3.8, 4) is 22.8 Å². The number of aromatic nitrogens is 3. The molecule has 0 spiro atoms. The van der Waals surface area contributed by atoms with E-state index in [9.17, 15) is 8.42 Å². The second kappa shape index (κ2) is 6.89. The number of anilines is 1. The summed E-state index contributed by atoms with van der Waals surface area (Å²) < 4.78 is 30.2. The number of primary sulfonamides is 1. The molecular weight excluding hydrogens is 398 g/mol. The van der Waals surface area contributed by atoms with E-state index in [1.54, 1.807) is 6.20 Å². The van der Waals surface area contributed by atoms with Crippen LogP contribution in [0, 0.1) is 0 Å². The van der Waals surface area contributed by atoms with Gasteiger partial charge >= 0.3 is 0 Å². The van der Waals surface area contributed by atoms with Gasteiger partial charge in [0.2, 0.25) is 9.30 Å². The van der Waals surface area contributed by atoms with Gasteiger partial charge in [0.25, 0.3) is 10.0 Å². The summed E-state index contributed by atoms with van der Waals surface area (Å²) >= 11 is 0.916. The molecule has 0 unspecified atom stereocenters. The standard InChI is InChI=1S/C18H17N5O3S2/c1-22(2)12-6-5-7-13(10-12)26-16-9-4-3-8-14(16)15-11-23-17(20-15)27-18(21-23)28(19,24)25/h3-11H,1-2H3,(H2,19,24,25). The van der Waals surface area contributed by atoms with Gasteiger partial charge in [0.1, 0.15) is 11.5 Å². The van der Waals surface area contributed by atoms with Gasteiger partial charge in [-0.2, -0.15) is 0 Å². The van der Waals surface area contributed by atoms with Crippen molar-refractivity contribution in [1.29, 1.82) is 0 Å². The topological polar surface area (TPSA) is 103 Å². The van der Waals surface area contributed by atoms with Gasteiger partial charge in [0.05, 0.1) is 11.9 Å². The van der Waals surface area contributed by atoms with Gasteiger partial charge in [-0.05, 0) is 24.3 Å². The van der Waals surface area contributed by atoms with Crippen LogP contribution in [0.2, 0.25) is 0 Å². The van der Waals surface area contributed by atoms with Gasteiger partial charge in [0, 0.05) is 31.4 Å². The molecule has 8 nitrogen and oxygen atoms in total. The molecule has 2 aromatic heterocycles. The largest absolute Gasteiger partial charge is 0.457 e. The van der Waals surface area contributed by atoms with E-state index in [0.717, 1.165) is 22.6 Å². The Balaban J connectivity index is 1.71. The number of hydrogen-bond donors (Lipinski definition) is 1. The van der Waals surface area contributed by atoms with Gasteiger partial charge in [-0.1, -0.05) is 29.5 Å². The molecule has 2 aromatic carbocycles. The van der Waals surface area contributed by atoms with Crippen molar-refractivity contribution >= 4 is 32.0 Å². The SMILES string of the molecule is CN(C)c1cccc(Oc2ccccc2-c2cn3nc(S(N)(=O)=O)sc3n2)c1. The average molecular weight is 416 g/mol. The summed E-state index contributed by atoms with van der Waals surface area (Å²) in [7, 11) is 0.0777. The van der Waals surface area contributed by atoms with Crippen LogP contribution < -0.4 is 14.8 Å². The van der Waals surface area contributed by atoms with Crippen LogP contribution in [0.5, 0.6) is 11.5 Å². The van der Waals surface area contributed by atoms with E-state index in [1.165, 1.54) is 4.52 Å². The number of benzene rings is 2. The second-order valence-corrected chi connectivity index (χ2v) is 8.95. The van der Waals surface area contributed by atoms with Gasteiger partial charge < -0.3 is 9.64 Å². The van der Waals surface area contributed by atoms with Crippen molar-refractivity contribution in [1.82, 2.24) is 14.6 Å². The first-order chi connectivity index (χ1) is 13.3. The number of imidazole rings is 1. The third-order valence-electron chi connectivity index (χ3n) is 3.99. The molecule has 0 bridgehead atoms. The fraction of sp³-hybridized carbons (Fsp3) is 0.111. The molecule has 28 heavy (non-hydrogen) atoms. The Morgan fingerprint density at radius 3 is 2.64 bits per heavy atom. The Bertz CT molecular complexity index is 1230. The maximum atomic E-state index is 11.4. The summed E-state index contributed by atoms with van der Waals surface area (Å²) in [6.07, 6.45) is 1.65. The van der Waals surface area contributed by atoms with Gasteiger partial charge in [0.15, 0.2) is 0 Å². The summed E-state index contributed by atoms with van der Waals surface area (Å²) in [6, 6.07) is 15.3. The van der Waals surface area contributed by atoms with E-state index >= 15 is 0 Å². The lowest BCUT2D eigenvalue weighted by atomic mass is 10.1. The van der Waals surface area contributed by atoms with E-state index in [-0.39, 0.29) is 4.34 Å². The molecular formula is C18H17N5O3S2. The molecule has 4 aromatic rings. The van der Waals surface area contributed by atoms with Crippen molar-refractivity contribution in [2.75, 3.05) is 19.0 Å². The molecule has 0 amide bonds. The lowest BCUT2D eigenvalue weighted by Gasteiger charge is -2.15. The summed E-state index contributed by atoms with van der Waals surface area (Å²) in [4.78, 5) is 6.91. The monoisotopic (exact) mass is 415 g/mol. The van der Waals surface area contributed by atoms with Crippen LogP contribution in [0.3, 0.4) is 0 Å². The maximum Gasteiger partial charge on any atom is 0.267 e. The second-order valence-electron chi connectivity index (χ2n) is 6.26. The maximum absolute atomic E-state index is 11.4. The number of nitrogens with zero attached hydrogens (tertiary/aromatic N) is 4. The van der Waals surface area contributed by atoms with Crippen LogP contribution in [0.1, 0.15) is 0 Å². The Kier molecular flexibility index (Phi) is 4.53. The Labute approximate surface area is 165 Å². The number of hydrogen-bond acceptors (Lipinski definition) is 7. The van der Waals surface area contributed by atoms with Crippen LogP contribution in [0.4, 0.5) is 5.69 Å². The van der Waals surface area contributed by atoms with E-state index in [4.69, 9.17) is 9.88 Å². The van der Waals surface area contributed by atoms with Crippen molar-refractivity contribution in [3.05, 3.63) is 54.7 Å².